The summed E-state index contributed by atoms with van der Waals surface area (Å²) in [5.41, 5.74) is 0. The van der Waals surface area contributed by atoms with Crippen molar-refractivity contribution in [1.29, 1.82) is 0 Å². The van der Waals surface area contributed by atoms with Gasteiger partial charge in [-0.15, -0.1) is 0 Å². The van der Waals surface area contributed by atoms with E-state index in [1.807, 2.05) is 28.1 Å². The Morgan fingerprint density at radius 1 is 0.591 bits per heavy atom. The molecule has 0 aliphatic rings. The molecule has 44 heavy (non-hydrogen) atoms. The molecule has 0 aromatic rings. The number of rotatable bonds is 32. The number of unbranched alkanes of at least 4 members (excludes halogenated alkanes) is 18. The van der Waals surface area contributed by atoms with E-state index in [2.05, 4.69) is 6.92 Å². The third-order valence-electron chi connectivity index (χ3n) is 8.26. The highest BCUT2D eigenvalue weighted by Gasteiger charge is 2.31. The van der Waals surface area contributed by atoms with Crippen LogP contribution < -0.4 is 0 Å². The van der Waals surface area contributed by atoms with Crippen molar-refractivity contribution in [3.8, 4) is 0 Å². The summed E-state index contributed by atoms with van der Waals surface area (Å²) in [6, 6.07) is -0.604. The zero-order valence-electron chi connectivity index (χ0n) is 29.4. The molecule has 0 aromatic carbocycles. The molecule has 8 nitrogen and oxygen atoms in total. The number of carbonyl (C=O) groups is 3. The molecule has 0 bridgehead atoms. The Morgan fingerprint density at radius 2 is 1.02 bits per heavy atom. The van der Waals surface area contributed by atoms with Crippen molar-refractivity contribution < 1.29 is 38.2 Å². The molecule has 260 valence electrons. The molecule has 0 amide bonds. The number of ether oxygens (including phenoxy) is 3. The molecule has 0 heterocycles. The Morgan fingerprint density at radius 3 is 1.45 bits per heavy atom. The number of hydrogen-bond donors (Lipinski definition) is 1. The minimum absolute atomic E-state index is 0.0505. The minimum Gasteiger partial charge on any atom is -0.477 e. The molecule has 2 atom stereocenters. The number of carbonyl (C=O) groups excluding carboxylic acids is 2. The summed E-state index contributed by atoms with van der Waals surface area (Å²) in [7, 11) is 5.50. The summed E-state index contributed by atoms with van der Waals surface area (Å²) in [6.45, 7) is 4.51. The fourth-order valence-corrected chi connectivity index (χ4v) is 5.36. The maximum atomic E-state index is 12.5. The smallest absolute Gasteiger partial charge is 0.362 e. The van der Waals surface area contributed by atoms with Gasteiger partial charge in [-0.05, 0) is 12.8 Å². The van der Waals surface area contributed by atoms with Crippen LogP contribution in [0.2, 0.25) is 0 Å². The number of aliphatic carboxylic acids is 1. The van der Waals surface area contributed by atoms with Gasteiger partial charge in [0, 0.05) is 19.3 Å². The highest BCUT2D eigenvalue weighted by molar-refractivity contribution is 5.72. The monoisotopic (exact) mass is 629 g/mol. The number of esters is 2. The van der Waals surface area contributed by atoms with E-state index in [9.17, 15) is 19.5 Å². The SMILES string of the molecule is CCCCCCCCCCCCCCCCCCCCC(=O)OC(COCCC(C(=O)O)[N+](C)(C)C)COC(=O)CCCC. The van der Waals surface area contributed by atoms with E-state index in [0.717, 1.165) is 32.1 Å². The predicted molar refractivity (Wildman–Crippen MR) is 179 cm³/mol. The van der Waals surface area contributed by atoms with E-state index in [1.165, 1.54) is 96.3 Å². The molecule has 0 saturated carbocycles. The molecular weight excluding hydrogens is 558 g/mol. The number of quaternary nitrogens is 1. The fourth-order valence-electron chi connectivity index (χ4n) is 5.36. The largest absolute Gasteiger partial charge is 0.477 e. The van der Waals surface area contributed by atoms with Crippen LogP contribution in [0.15, 0.2) is 0 Å². The Hall–Kier alpha value is -1.67. The molecule has 0 aromatic heterocycles. The lowest BCUT2D eigenvalue weighted by atomic mass is 10.0. The van der Waals surface area contributed by atoms with Gasteiger partial charge in [-0.2, -0.15) is 0 Å². The van der Waals surface area contributed by atoms with Gasteiger partial charge in [-0.3, -0.25) is 9.59 Å². The third-order valence-corrected chi connectivity index (χ3v) is 8.26. The van der Waals surface area contributed by atoms with Gasteiger partial charge in [-0.25, -0.2) is 4.79 Å². The average molecular weight is 629 g/mol. The normalized spacial score (nSPS) is 13.0. The van der Waals surface area contributed by atoms with Gasteiger partial charge >= 0.3 is 17.9 Å². The van der Waals surface area contributed by atoms with E-state index in [0.29, 0.717) is 19.3 Å². The minimum atomic E-state index is -0.877. The fraction of sp³-hybridized carbons (Fsp3) is 0.917. The second-order valence-electron chi connectivity index (χ2n) is 13.5. The Labute approximate surface area is 270 Å². The van der Waals surface area contributed by atoms with Crippen LogP contribution >= 0.6 is 0 Å². The van der Waals surface area contributed by atoms with Crippen LogP contribution in [0.5, 0.6) is 0 Å². The van der Waals surface area contributed by atoms with E-state index in [-0.39, 0.29) is 36.2 Å². The average Bonchev–Trinajstić information content (AvgIpc) is 2.96. The van der Waals surface area contributed by atoms with Crippen molar-refractivity contribution in [2.75, 3.05) is 41.0 Å². The Bertz CT molecular complexity index is 707. The predicted octanol–water partition coefficient (Wildman–Crippen LogP) is 8.63. The van der Waals surface area contributed by atoms with Crippen molar-refractivity contribution in [3.63, 3.8) is 0 Å². The first-order valence-electron chi connectivity index (χ1n) is 18.1. The second kappa shape index (κ2) is 28.8. The standard InChI is InChI=1S/C36H69NO7/c1-6-8-10-11-12-13-14-15-16-17-18-19-20-21-22-23-24-25-27-35(39)44-32(31-43-34(38)26-9-7-2)30-42-29-28-33(36(40)41)37(3,4)5/h32-33H,6-31H2,1-5H3/p+1. The van der Waals surface area contributed by atoms with Gasteiger partial charge in [0.2, 0.25) is 0 Å². The van der Waals surface area contributed by atoms with E-state index in [1.54, 1.807) is 0 Å². The van der Waals surface area contributed by atoms with Crippen LogP contribution in [-0.4, -0.2) is 80.6 Å². The van der Waals surface area contributed by atoms with Crippen LogP contribution in [0, 0.1) is 0 Å². The van der Waals surface area contributed by atoms with Crippen molar-refractivity contribution in [3.05, 3.63) is 0 Å². The highest BCUT2D eigenvalue weighted by atomic mass is 16.6. The van der Waals surface area contributed by atoms with Gasteiger partial charge in [-0.1, -0.05) is 129 Å². The summed E-state index contributed by atoms with van der Waals surface area (Å²) in [6.07, 6.45) is 25.3. The molecule has 0 saturated heterocycles. The molecular formula is C36H70NO7+. The van der Waals surface area contributed by atoms with Crippen LogP contribution in [0.4, 0.5) is 0 Å². The van der Waals surface area contributed by atoms with E-state index in [4.69, 9.17) is 14.2 Å². The van der Waals surface area contributed by atoms with Crippen LogP contribution in [0.3, 0.4) is 0 Å². The van der Waals surface area contributed by atoms with Crippen molar-refractivity contribution in [2.24, 2.45) is 0 Å². The molecule has 0 aliphatic carbocycles. The van der Waals surface area contributed by atoms with Crippen LogP contribution in [0.25, 0.3) is 0 Å². The lowest BCUT2D eigenvalue weighted by Crippen LogP contribution is -2.50. The Balaban J connectivity index is 4.06. The summed E-state index contributed by atoms with van der Waals surface area (Å²) >= 11 is 0. The molecule has 0 radical (unpaired) electrons. The van der Waals surface area contributed by atoms with Crippen LogP contribution in [0.1, 0.15) is 162 Å². The lowest BCUT2D eigenvalue weighted by Gasteiger charge is -2.31. The zero-order chi connectivity index (χ0) is 32.9. The lowest BCUT2D eigenvalue weighted by molar-refractivity contribution is -0.887. The van der Waals surface area contributed by atoms with E-state index < -0.39 is 18.1 Å². The number of likely N-dealkylation sites (N-methyl/N-ethyl adjacent to an activating group) is 1. The highest BCUT2D eigenvalue weighted by Crippen LogP contribution is 2.15. The van der Waals surface area contributed by atoms with Crippen molar-refractivity contribution in [1.82, 2.24) is 0 Å². The zero-order valence-corrected chi connectivity index (χ0v) is 29.4. The maximum absolute atomic E-state index is 12.5. The number of hydrogen-bond acceptors (Lipinski definition) is 6. The summed E-state index contributed by atoms with van der Waals surface area (Å²) < 4.78 is 16.9. The molecule has 0 spiro atoms. The van der Waals surface area contributed by atoms with Crippen molar-refractivity contribution >= 4 is 17.9 Å². The molecule has 2 unspecified atom stereocenters. The molecule has 1 N–H and O–H groups in total. The number of carboxylic acid groups (broad SMARTS) is 1. The molecule has 0 fully saturated rings. The first-order valence-corrected chi connectivity index (χ1v) is 18.1. The molecule has 0 aliphatic heterocycles. The molecule has 0 rings (SSSR count). The summed E-state index contributed by atoms with van der Waals surface area (Å²) in [5, 5.41) is 9.50. The Kier molecular flexibility index (Phi) is 27.7. The summed E-state index contributed by atoms with van der Waals surface area (Å²) in [4.78, 5) is 36.1. The topological polar surface area (TPSA) is 99.1 Å². The first kappa shape index (κ1) is 42.3. The van der Waals surface area contributed by atoms with Gasteiger partial charge in [0.1, 0.15) is 6.61 Å². The third kappa shape index (κ3) is 26.7. The van der Waals surface area contributed by atoms with Crippen LogP contribution in [-0.2, 0) is 28.6 Å². The second-order valence-corrected chi connectivity index (χ2v) is 13.5. The van der Waals surface area contributed by atoms with Gasteiger partial charge in [0.25, 0.3) is 0 Å². The van der Waals surface area contributed by atoms with Gasteiger partial charge in [0.05, 0.1) is 34.4 Å². The first-order chi connectivity index (χ1) is 21.1. The summed E-state index contributed by atoms with van der Waals surface area (Å²) in [5.74, 6) is -1.50. The number of carboxylic acids is 1. The number of nitrogens with zero attached hydrogens (tertiary/aromatic N) is 1. The van der Waals surface area contributed by atoms with Crippen molar-refractivity contribution in [2.45, 2.75) is 174 Å². The maximum Gasteiger partial charge on any atom is 0.362 e. The van der Waals surface area contributed by atoms with Gasteiger partial charge < -0.3 is 23.8 Å². The van der Waals surface area contributed by atoms with Gasteiger partial charge in [0.15, 0.2) is 12.1 Å². The van der Waals surface area contributed by atoms with E-state index >= 15 is 0 Å². The quantitative estimate of drug-likeness (QED) is 0.0452. The molecule has 8 heteroatoms.